The number of nitrogens with zero attached hydrogens (tertiary/aromatic N) is 3. The van der Waals surface area contributed by atoms with E-state index in [0.717, 1.165) is 12.2 Å². The van der Waals surface area contributed by atoms with E-state index in [0.29, 0.717) is 24.2 Å². The van der Waals surface area contributed by atoms with E-state index >= 15 is 0 Å². The minimum Gasteiger partial charge on any atom is -0.473 e. The third-order valence-corrected chi connectivity index (χ3v) is 2.21. The summed E-state index contributed by atoms with van der Waals surface area (Å²) in [5.74, 6) is 0.481. The van der Waals surface area contributed by atoms with Crippen LogP contribution >= 0.6 is 11.6 Å². The number of aliphatic hydroxyl groups excluding tert-OH is 1. The summed E-state index contributed by atoms with van der Waals surface area (Å²) < 4.78 is 5.30. The van der Waals surface area contributed by atoms with Crippen LogP contribution in [0, 0.1) is 0 Å². The fourth-order valence-corrected chi connectivity index (χ4v) is 1.54. The summed E-state index contributed by atoms with van der Waals surface area (Å²) in [5, 5.41) is 16.7. The van der Waals surface area contributed by atoms with E-state index < -0.39 is 0 Å². The van der Waals surface area contributed by atoms with Crippen LogP contribution in [0.25, 0.3) is 0 Å². The SMILES string of the molecule is OCCN1CCOc2nnc(Cl)cc21. The lowest BCUT2D eigenvalue weighted by Crippen LogP contribution is -2.35. The Morgan fingerprint density at radius 3 is 3.21 bits per heavy atom. The molecule has 0 fully saturated rings. The van der Waals surface area contributed by atoms with Crippen molar-refractivity contribution in [2.75, 3.05) is 31.2 Å². The third-order valence-electron chi connectivity index (χ3n) is 2.02. The zero-order valence-corrected chi connectivity index (χ0v) is 8.24. The van der Waals surface area contributed by atoms with Gasteiger partial charge in [-0.3, -0.25) is 0 Å². The van der Waals surface area contributed by atoms with Crippen molar-refractivity contribution >= 4 is 17.3 Å². The van der Waals surface area contributed by atoms with Crippen LogP contribution in [0.1, 0.15) is 0 Å². The van der Waals surface area contributed by atoms with E-state index in [4.69, 9.17) is 21.4 Å². The average molecular weight is 216 g/mol. The van der Waals surface area contributed by atoms with Gasteiger partial charge in [-0.25, -0.2) is 0 Å². The summed E-state index contributed by atoms with van der Waals surface area (Å²) in [7, 11) is 0. The number of hydrogen-bond donors (Lipinski definition) is 1. The van der Waals surface area contributed by atoms with E-state index in [-0.39, 0.29) is 6.61 Å². The van der Waals surface area contributed by atoms with Crippen molar-refractivity contribution in [3.05, 3.63) is 11.2 Å². The fraction of sp³-hybridized carbons (Fsp3) is 0.500. The molecule has 0 saturated heterocycles. The number of halogens is 1. The van der Waals surface area contributed by atoms with Crippen molar-refractivity contribution in [2.24, 2.45) is 0 Å². The van der Waals surface area contributed by atoms with Crippen molar-refractivity contribution in [2.45, 2.75) is 0 Å². The Bertz CT molecular complexity index is 334. The molecule has 14 heavy (non-hydrogen) atoms. The number of ether oxygens (including phenoxy) is 1. The standard InChI is InChI=1S/C8H10ClN3O2/c9-7-5-6-8(11-10-7)14-4-2-12(6)1-3-13/h5,13H,1-4H2. The number of aromatic nitrogens is 2. The minimum absolute atomic E-state index is 0.0966. The van der Waals surface area contributed by atoms with Gasteiger partial charge in [-0.2, -0.15) is 0 Å². The van der Waals surface area contributed by atoms with Crippen molar-refractivity contribution in [3.8, 4) is 5.88 Å². The second kappa shape index (κ2) is 3.98. The number of aliphatic hydroxyl groups is 1. The highest BCUT2D eigenvalue weighted by molar-refractivity contribution is 6.29. The van der Waals surface area contributed by atoms with Crippen molar-refractivity contribution in [3.63, 3.8) is 0 Å². The van der Waals surface area contributed by atoms with Crippen LogP contribution in [0.4, 0.5) is 5.69 Å². The highest BCUT2D eigenvalue weighted by Gasteiger charge is 2.19. The van der Waals surface area contributed by atoms with Gasteiger partial charge in [-0.1, -0.05) is 11.6 Å². The van der Waals surface area contributed by atoms with Gasteiger partial charge in [0.25, 0.3) is 5.88 Å². The molecule has 0 spiro atoms. The van der Waals surface area contributed by atoms with Gasteiger partial charge < -0.3 is 14.7 Å². The predicted octanol–water partition coefficient (Wildman–Crippen LogP) is 0.321. The molecule has 0 atom stereocenters. The molecule has 0 bridgehead atoms. The Kier molecular flexibility index (Phi) is 2.69. The topological polar surface area (TPSA) is 58.5 Å². The Morgan fingerprint density at radius 1 is 1.57 bits per heavy atom. The maximum absolute atomic E-state index is 8.86. The Morgan fingerprint density at radius 2 is 2.43 bits per heavy atom. The molecule has 76 valence electrons. The molecule has 0 aromatic carbocycles. The van der Waals surface area contributed by atoms with E-state index in [9.17, 15) is 0 Å². The van der Waals surface area contributed by atoms with Gasteiger partial charge in [0, 0.05) is 12.6 Å². The maximum atomic E-state index is 8.86. The Hall–Kier alpha value is -1.07. The Labute approximate surface area is 86.3 Å². The number of rotatable bonds is 2. The first-order valence-electron chi connectivity index (χ1n) is 4.33. The van der Waals surface area contributed by atoms with Gasteiger partial charge in [0.15, 0.2) is 5.15 Å². The molecule has 2 rings (SSSR count). The van der Waals surface area contributed by atoms with Gasteiger partial charge in [0.2, 0.25) is 0 Å². The predicted molar refractivity (Wildman–Crippen MR) is 51.8 cm³/mol. The molecule has 0 saturated carbocycles. The van der Waals surface area contributed by atoms with Gasteiger partial charge >= 0.3 is 0 Å². The summed E-state index contributed by atoms with van der Waals surface area (Å²) >= 11 is 5.72. The number of β-amino-alcohol motifs (C(OH)–C–C–N with tert-alkyl or cyclic N) is 1. The highest BCUT2D eigenvalue weighted by Crippen LogP contribution is 2.29. The number of anilines is 1. The summed E-state index contributed by atoms with van der Waals surface area (Å²) in [6, 6.07) is 1.69. The van der Waals surface area contributed by atoms with Gasteiger partial charge in [-0.15, -0.1) is 10.2 Å². The molecule has 1 aliphatic rings. The minimum atomic E-state index is 0.0966. The number of fused-ring (bicyclic) bond motifs is 1. The van der Waals surface area contributed by atoms with Gasteiger partial charge in [0.05, 0.1) is 13.2 Å². The van der Waals surface area contributed by atoms with Crippen molar-refractivity contribution < 1.29 is 9.84 Å². The molecular formula is C8H10ClN3O2. The molecule has 1 aromatic rings. The van der Waals surface area contributed by atoms with Crippen LogP contribution in [0.3, 0.4) is 0 Å². The van der Waals surface area contributed by atoms with Crippen LogP contribution in [0.2, 0.25) is 5.15 Å². The van der Waals surface area contributed by atoms with E-state index in [2.05, 4.69) is 10.2 Å². The summed E-state index contributed by atoms with van der Waals surface area (Å²) in [5.41, 5.74) is 0.797. The molecule has 1 aliphatic heterocycles. The van der Waals surface area contributed by atoms with E-state index in [1.807, 2.05) is 4.90 Å². The second-order valence-electron chi connectivity index (χ2n) is 2.92. The summed E-state index contributed by atoms with van der Waals surface area (Å²) in [6.07, 6.45) is 0. The van der Waals surface area contributed by atoms with Crippen molar-refractivity contribution in [1.29, 1.82) is 0 Å². The molecule has 2 heterocycles. The molecule has 0 amide bonds. The van der Waals surface area contributed by atoms with Crippen LogP contribution in [0.5, 0.6) is 5.88 Å². The molecule has 0 unspecified atom stereocenters. The highest BCUT2D eigenvalue weighted by atomic mass is 35.5. The molecule has 1 N–H and O–H groups in total. The van der Waals surface area contributed by atoms with Crippen LogP contribution < -0.4 is 9.64 Å². The quantitative estimate of drug-likeness (QED) is 0.770. The van der Waals surface area contributed by atoms with E-state index in [1.165, 1.54) is 0 Å². The Balaban J connectivity index is 2.32. The van der Waals surface area contributed by atoms with Gasteiger partial charge in [-0.05, 0) is 0 Å². The second-order valence-corrected chi connectivity index (χ2v) is 3.30. The lowest BCUT2D eigenvalue weighted by molar-refractivity contribution is 0.270. The first-order chi connectivity index (χ1) is 6.81. The van der Waals surface area contributed by atoms with E-state index in [1.54, 1.807) is 6.07 Å². The van der Waals surface area contributed by atoms with Crippen molar-refractivity contribution in [1.82, 2.24) is 10.2 Å². The lowest BCUT2D eigenvalue weighted by Gasteiger charge is -2.29. The third kappa shape index (κ3) is 1.73. The number of hydrogen-bond acceptors (Lipinski definition) is 5. The molecule has 0 radical (unpaired) electrons. The van der Waals surface area contributed by atoms with Gasteiger partial charge in [0.1, 0.15) is 12.3 Å². The maximum Gasteiger partial charge on any atom is 0.257 e. The zero-order chi connectivity index (χ0) is 9.97. The monoisotopic (exact) mass is 215 g/mol. The molecule has 5 nitrogen and oxygen atoms in total. The molecule has 0 aliphatic carbocycles. The molecular weight excluding hydrogens is 206 g/mol. The largest absolute Gasteiger partial charge is 0.473 e. The first kappa shape index (κ1) is 9.48. The summed E-state index contributed by atoms with van der Waals surface area (Å²) in [4.78, 5) is 1.97. The fourth-order valence-electron chi connectivity index (χ4n) is 1.40. The normalized spacial score (nSPS) is 14.9. The average Bonchev–Trinajstić information content (AvgIpc) is 2.19. The lowest BCUT2D eigenvalue weighted by atomic mass is 10.3. The van der Waals surface area contributed by atoms with Crippen LogP contribution in [0.15, 0.2) is 6.07 Å². The first-order valence-corrected chi connectivity index (χ1v) is 4.71. The molecule has 1 aromatic heterocycles. The van der Waals surface area contributed by atoms with Crippen LogP contribution in [-0.4, -0.2) is 41.6 Å². The molecule has 6 heteroatoms. The zero-order valence-electron chi connectivity index (χ0n) is 7.48. The summed E-state index contributed by atoms with van der Waals surface area (Å²) in [6.45, 7) is 1.94. The van der Waals surface area contributed by atoms with Crippen LogP contribution in [-0.2, 0) is 0 Å². The smallest absolute Gasteiger partial charge is 0.257 e.